The van der Waals surface area contributed by atoms with Gasteiger partial charge in [-0.3, -0.25) is 0 Å². The molecule has 1 aliphatic rings. The number of thioether (sulfide) groups is 1. The molecule has 0 aliphatic carbocycles. The van der Waals surface area contributed by atoms with Gasteiger partial charge in [0.05, 0.1) is 11.3 Å². The molecule has 0 radical (unpaired) electrons. The minimum atomic E-state index is -4.86. The number of phenols is 1. The molecule has 2 aromatic carbocycles. The van der Waals surface area contributed by atoms with Gasteiger partial charge in [0.15, 0.2) is 5.50 Å². The van der Waals surface area contributed by atoms with Crippen LogP contribution in [0.15, 0.2) is 41.3 Å². The molecule has 1 aliphatic heterocycles. The number of anilines is 2. The van der Waals surface area contributed by atoms with Crippen molar-refractivity contribution in [2.24, 2.45) is 5.92 Å². The highest BCUT2D eigenvalue weighted by molar-refractivity contribution is 8.00. The van der Waals surface area contributed by atoms with Gasteiger partial charge in [-0.15, -0.1) is 0 Å². The molecule has 2 atom stereocenters. The second-order valence-electron chi connectivity index (χ2n) is 7.26. The molecule has 164 valence electrons. The molecular formula is C20H18F7NOS. The van der Waals surface area contributed by atoms with Crippen LogP contribution in [0.4, 0.5) is 42.1 Å². The van der Waals surface area contributed by atoms with E-state index in [4.69, 9.17) is 0 Å². The van der Waals surface area contributed by atoms with Crippen LogP contribution in [0.1, 0.15) is 25.3 Å². The summed E-state index contributed by atoms with van der Waals surface area (Å²) in [5.74, 6) is -5.59. The summed E-state index contributed by atoms with van der Waals surface area (Å²) in [6.07, 6.45) is -5.66. The second kappa shape index (κ2) is 8.20. The van der Waals surface area contributed by atoms with E-state index in [1.165, 1.54) is 17.0 Å². The average molecular weight is 453 g/mol. The van der Waals surface area contributed by atoms with Gasteiger partial charge >= 0.3 is 6.18 Å². The van der Waals surface area contributed by atoms with E-state index in [0.29, 0.717) is 24.8 Å². The van der Waals surface area contributed by atoms with E-state index in [1.54, 1.807) is 0 Å². The van der Waals surface area contributed by atoms with Gasteiger partial charge in [0.2, 0.25) is 5.92 Å². The summed E-state index contributed by atoms with van der Waals surface area (Å²) < 4.78 is 94.9. The third kappa shape index (κ3) is 5.14. The molecule has 1 heterocycles. The Morgan fingerprint density at radius 3 is 2.30 bits per heavy atom. The number of aromatic hydroxyl groups is 1. The molecule has 10 heteroatoms. The van der Waals surface area contributed by atoms with Crippen molar-refractivity contribution in [2.75, 3.05) is 11.4 Å². The maximum absolute atomic E-state index is 14.9. The maximum Gasteiger partial charge on any atom is 0.420 e. The van der Waals surface area contributed by atoms with Gasteiger partial charge < -0.3 is 10.0 Å². The van der Waals surface area contributed by atoms with Crippen LogP contribution in [0.3, 0.4) is 0 Å². The average Bonchev–Trinajstić information content (AvgIpc) is 2.74. The molecule has 0 saturated heterocycles. The number of hydrogen-bond donors (Lipinski definition) is 1. The molecule has 0 unspecified atom stereocenters. The summed E-state index contributed by atoms with van der Waals surface area (Å²) in [6, 6.07) is 6.34. The Bertz CT molecular complexity index is 896. The first kappa shape index (κ1) is 22.6. The molecule has 30 heavy (non-hydrogen) atoms. The lowest BCUT2D eigenvalue weighted by Gasteiger charge is -2.29. The summed E-state index contributed by atoms with van der Waals surface area (Å²) in [4.78, 5) is 1.37. The molecule has 3 rings (SSSR count). The lowest BCUT2D eigenvalue weighted by molar-refractivity contribution is -0.138. The molecule has 0 saturated carbocycles. The van der Waals surface area contributed by atoms with Gasteiger partial charge in [0.25, 0.3) is 0 Å². The lowest BCUT2D eigenvalue weighted by Crippen LogP contribution is -2.29. The standard InChI is InChI=1S/C20H18F7NOS/c1-19(23,24)7-6-11-10-28(13-4-2-12(21)3-5-13)15-8-14(20(25,26)27)16(29)9-17(15)30-18(11)22/h2-5,8-9,11,18,29H,6-7,10H2,1H3/t11-,18+/m0/s1. The van der Waals surface area contributed by atoms with E-state index in [-0.39, 0.29) is 29.2 Å². The number of nitrogens with zero attached hydrogens (tertiary/aromatic N) is 1. The van der Waals surface area contributed by atoms with Crippen LogP contribution in [0, 0.1) is 11.7 Å². The van der Waals surface area contributed by atoms with E-state index in [1.807, 2.05) is 0 Å². The fourth-order valence-electron chi connectivity index (χ4n) is 3.25. The van der Waals surface area contributed by atoms with Gasteiger partial charge in [-0.2, -0.15) is 13.2 Å². The van der Waals surface area contributed by atoms with E-state index in [9.17, 15) is 35.8 Å². The van der Waals surface area contributed by atoms with Crippen molar-refractivity contribution in [1.29, 1.82) is 0 Å². The zero-order valence-electron chi connectivity index (χ0n) is 15.7. The number of benzene rings is 2. The Labute approximate surface area is 172 Å². The number of fused-ring (bicyclic) bond motifs is 1. The van der Waals surface area contributed by atoms with E-state index >= 15 is 0 Å². The Kier molecular flexibility index (Phi) is 6.18. The van der Waals surface area contributed by atoms with E-state index in [2.05, 4.69) is 0 Å². The summed E-state index contributed by atoms with van der Waals surface area (Å²) in [6.45, 7) is 0.523. The van der Waals surface area contributed by atoms with Crippen LogP contribution in [-0.2, 0) is 6.18 Å². The molecular weight excluding hydrogens is 435 g/mol. The van der Waals surface area contributed by atoms with E-state index < -0.39 is 47.1 Å². The van der Waals surface area contributed by atoms with Crippen LogP contribution in [-0.4, -0.2) is 23.1 Å². The lowest BCUT2D eigenvalue weighted by atomic mass is 10.00. The minimum Gasteiger partial charge on any atom is -0.507 e. The summed E-state index contributed by atoms with van der Waals surface area (Å²) in [7, 11) is 0. The van der Waals surface area contributed by atoms with Crippen molar-refractivity contribution in [1.82, 2.24) is 0 Å². The Balaban J connectivity index is 2.09. The first-order chi connectivity index (χ1) is 13.8. The van der Waals surface area contributed by atoms with Crippen molar-refractivity contribution >= 4 is 23.1 Å². The number of alkyl halides is 6. The van der Waals surface area contributed by atoms with Crippen LogP contribution >= 0.6 is 11.8 Å². The quantitative estimate of drug-likeness (QED) is 0.498. The maximum atomic E-state index is 14.9. The van der Waals surface area contributed by atoms with E-state index in [0.717, 1.165) is 18.2 Å². The molecule has 1 N–H and O–H groups in total. The molecule has 0 bridgehead atoms. The predicted molar refractivity (Wildman–Crippen MR) is 101 cm³/mol. The number of phenolic OH excluding ortho intramolecular Hbond substituents is 1. The minimum absolute atomic E-state index is 0.0306. The SMILES string of the molecule is CC(F)(F)CC[C@H]1CN(c2ccc(F)cc2)c2cc(C(F)(F)F)c(O)cc2S[C@H]1F. The smallest absolute Gasteiger partial charge is 0.420 e. The van der Waals surface area contributed by atoms with Crippen molar-refractivity contribution in [3.63, 3.8) is 0 Å². The Hall–Kier alpha value is -2.10. The third-order valence-corrected chi connectivity index (χ3v) is 5.98. The predicted octanol–water partition coefficient (Wildman–Crippen LogP) is 7.14. The highest BCUT2D eigenvalue weighted by Gasteiger charge is 2.38. The third-order valence-electron chi connectivity index (χ3n) is 4.79. The molecule has 0 aromatic heterocycles. The molecule has 2 nitrogen and oxygen atoms in total. The molecule has 0 spiro atoms. The Morgan fingerprint density at radius 2 is 1.73 bits per heavy atom. The first-order valence-electron chi connectivity index (χ1n) is 9.01. The first-order valence-corrected chi connectivity index (χ1v) is 9.89. The van der Waals surface area contributed by atoms with Crippen LogP contribution < -0.4 is 4.90 Å². The zero-order chi connectivity index (χ0) is 22.3. The van der Waals surface area contributed by atoms with Crippen LogP contribution in [0.2, 0.25) is 0 Å². The van der Waals surface area contributed by atoms with Crippen molar-refractivity contribution in [3.05, 3.63) is 47.8 Å². The largest absolute Gasteiger partial charge is 0.507 e. The van der Waals surface area contributed by atoms with Crippen LogP contribution in [0.25, 0.3) is 0 Å². The van der Waals surface area contributed by atoms with Gasteiger partial charge in [-0.1, -0.05) is 11.8 Å². The monoisotopic (exact) mass is 453 g/mol. The highest BCUT2D eigenvalue weighted by Crippen LogP contribution is 2.49. The number of hydrogen-bond acceptors (Lipinski definition) is 3. The van der Waals surface area contributed by atoms with Gasteiger partial charge in [-0.05, 0) is 49.7 Å². The normalized spacial score (nSPS) is 20.1. The zero-order valence-corrected chi connectivity index (χ0v) is 16.5. The molecule has 0 fully saturated rings. The van der Waals surface area contributed by atoms with Crippen molar-refractivity contribution in [3.8, 4) is 5.75 Å². The van der Waals surface area contributed by atoms with Gasteiger partial charge in [0.1, 0.15) is 11.6 Å². The topological polar surface area (TPSA) is 23.5 Å². The van der Waals surface area contributed by atoms with Crippen molar-refractivity contribution in [2.45, 2.75) is 42.3 Å². The fourth-order valence-corrected chi connectivity index (χ4v) is 4.38. The molecule has 2 aromatic rings. The summed E-state index contributed by atoms with van der Waals surface area (Å²) in [5.41, 5.74) is -2.75. The fraction of sp³-hybridized carbons (Fsp3) is 0.400. The number of rotatable bonds is 4. The summed E-state index contributed by atoms with van der Waals surface area (Å²) in [5, 5.41) is 9.83. The van der Waals surface area contributed by atoms with Gasteiger partial charge in [0, 0.05) is 29.5 Å². The van der Waals surface area contributed by atoms with Crippen molar-refractivity contribution < 1.29 is 35.8 Å². The Morgan fingerprint density at radius 1 is 1.10 bits per heavy atom. The van der Waals surface area contributed by atoms with Gasteiger partial charge in [-0.25, -0.2) is 17.6 Å². The second-order valence-corrected chi connectivity index (χ2v) is 8.39. The highest BCUT2D eigenvalue weighted by atomic mass is 32.2. The number of halogens is 7. The molecule has 0 amide bonds. The van der Waals surface area contributed by atoms with Crippen LogP contribution in [0.5, 0.6) is 5.75 Å². The summed E-state index contributed by atoms with van der Waals surface area (Å²) >= 11 is 0.572.